The molecule has 17 heavy (non-hydrogen) atoms. The number of nitrogens with zero attached hydrogens (tertiary/aromatic N) is 1. The van der Waals surface area contributed by atoms with Crippen molar-refractivity contribution < 1.29 is 8.78 Å². The zero-order valence-electron chi connectivity index (χ0n) is 9.59. The van der Waals surface area contributed by atoms with E-state index in [1.54, 1.807) is 0 Å². The molecule has 0 aromatic heterocycles. The highest BCUT2D eigenvalue weighted by Crippen LogP contribution is 2.37. The molecule has 2 atom stereocenters. The van der Waals surface area contributed by atoms with Gasteiger partial charge in [-0.3, -0.25) is 4.90 Å². The SMILES string of the molecule is CN1CC(CN)CC1c1c(F)ccc(Cl)c1F. The van der Waals surface area contributed by atoms with Crippen molar-refractivity contribution in [3.8, 4) is 0 Å². The Labute approximate surface area is 104 Å². The molecule has 1 aliphatic rings. The molecule has 1 aliphatic heterocycles. The molecule has 2 nitrogen and oxygen atoms in total. The van der Waals surface area contributed by atoms with Crippen molar-refractivity contribution in [3.63, 3.8) is 0 Å². The van der Waals surface area contributed by atoms with Gasteiger partial charge in [-0.25, -0.2) is 8.78 Å². The quantitative estimate of drug-likeness (QED) is 0.828. The summed E-state index contributed by atoms with van der Waals surface area (Å²) in [5.74, 6) is -0.912. The Hall–Kier alpha value is -0.710. The molecule has 1 heterocycles. The number of rotatable bonds is 2. The molecule has 1 aromatic rings. The van der Waals surface area contributed by atoms with Crippen LogP contribution in [0.1, 0.15) is 18.0 Å². The van der Waals surface area contributed by atoms with Crippen molar-refractivity contribution in [2.24, 2.45) is 11.7 Å². The summed E-state index contributed by atoms with van der Waals surface area (Å²) in [6.07, 6.45) is 0.668. The lowest BCUT2D eigenvalue weighted by molar-refractivity contribution is 0.299. The second-order valence-electron chi connectivity index (χ2n) is 4.55. The van der Waals surface area contributed by atoms with E-state index in [4.69, 9.17) is 17.3 Å². The summed E-state index contributed by atoms with van der Waals surface area (Å²) < 4.78 is 27.6. The minimum absolute atomic E-state index is 0.0361. The smallest absolute Gasteiger partial charge is 0.149 e. The van der Waals surface area contributed by atoms with Crippen molar-refractivity contribution in [1.29, 1.82) is 0 Å². The predicted molar refractivity (Wildman–Crippen MR) is 63.9 cm³/mol. The minimum Gasteiger partial charge on any atom is -0.330 e. The average Bonchev–Trinajstić information content (AvgIpc) is 2.66. The van der Waals surface area contributed by atoms with E-state index in [1.165, 1.54) is 12.1 Å². The number of halogens is 3. The van der Waals surface area contributed by atoms with E-state index in [2.05, 4.69) is 0 Å². The topological polar surface area (TPSA) is 29.3 Å². The number of hydrogen-bond acceptors (Lipinski definition) is 2. The first-order valence-corrected chi connectivity index (χ1v) is 5.96. The molecule has 1 aromatic carbocycles. The van der Waals surface area contributed by atoms with Gasteiger partial charge in [-0.1, -0.05) is 11.6 Å². The maximum absolute atomic E-state index is 13.9. The molecule has 0 aliphatic carbocycles. The van der Waals surface area contributed by atoms with Crippen LogP contribution in [0.25, 0.3) is 0 Å². The first kappa shape index (κ1) is 12.7. The fourth-order valence-electron chi connectivity index (χ4n) is 2.46. The maximum atomic E-state index is 13.9. The Kier molecular flexibility index (Phi) is 3.66. The van der Waals surface area contributed by atoms with Crippen molar-refractivity contribution in [2.75, 3.05) is 20.1 Å². The van der Waals surface area contributed by atoms with E-state index in [9.17, 15) is 8.78 Å². The molecule has 0 spiro atoms. The van der Waals surface area contributed by atoms with Gasteiger partial charge in [-0.2, -0.15) is 0 Å². The summed E-state index contributed by atoms with van der Waals surface area (Å²) in [4.78, 5) is 1.93. The van der Waals surface area contributed by atoms with Gasteiger partial charge in [0.2, 0.25) is 0 Å². The number of nitrogens with two attached hydrogens (primary N) is 1. The van der Waals surface area contributed by atoms with E-state index in [0.717, 1.165) is 6.54 Å². The molecule has 1 fully saturated rings. The third kappa shape index (κ3) is 2.30. The molecule has 0 radical (unpaired) electrons. The fourth-order valence-corrected chi connectivity index (χ4v) is 2.63. The third-order valence-corrected chi connectivity index (χ3v) is 3.67. The largest absolute Gasteiger partial charge is 0.330 e. The summed E-state index contributed by atoms with van der Waals surface area (Å²) in [7, 11) is 1.85. The van der Waals surface area contributed by atoms with Crippen LogP contribution in [0.3, 0.4) is 0 Å². The van der Waals surface area contributed by atoms with E-state index in [-0.39, 0.29) is 22.5 Å². The second-order valence-corrected chi connectivity index (χ2v) is 4.96. The van der Waals surface area contributed by atoms with Gasteiger partial charge in [0, 0.05) is 18.2 Å². The highest BCUT2D eigenvalue weighted by Gasteiger charge is 2.33. The Morgan fingerprint density at radius 2 is 2.18 bits per heavy atom. The normalized spacial score (nSPS) is 25.5. The van der Waals surface area contributed by atoms with Gasteiger partial charge >= 0.3 is 0 Å². The van der Waals surface area contributed by atoms with Crippen molar-refractivity contribution in [2.45, 2.75) is 12.5 Å². The third-order valence-electron chi connectivity index (χ3n) is 3.38. The summed E-state index contributed by atoms with van der Waals surface area (Å²) in [5, 5.41) is -0.0361. The molecule has 0 bridgehead atoms. The van der Waals surface area contributed by atoms with Crippen LogP contribution in [-0.2, 0) is 0 Å². The second kappa shape index (κ2) is 4.88. The van der Waals surface area contributed by atoms with Crippen molar-refractivity contribution in [3.05, 3.63) is 34.4 Å². The van der Waals surface area contributed by atoms with Crippen molar-refractivity contribution in [1.82, 2.24) is 4.90 Å². The van der Waals surface area contributed by atoms with E-state index < -0.39 is 11.6 Å². The molecule has 5 heteroatoms. The first-order valence-electron chi connectivity index (χ1n) is 5.58. The van der Waals surface area contributed by atoms with Gasteiger partial charge in [-0.05, 0) is 38.1 Å². The maximum Gasteiger partial charge on any atom is 0.149 e. The van der Waals surface area contributed by atoms with Crippen LogP contribution in [0.4, 0.5) is 8.78 Å². The highest BCUT2D eigenvalue weighted by atomic mass is 35.5. The van der Waals surface area contributed by atoms with Crippen LogP contribution in [0.5, 0.6) is 0 Å². The van der Waals surface area contributed by atoms with Gasteiger partial charge in [0.1, 0.15) is 11.6 Å². The van der Waals surface area contributed by atoms with Crippen LogP contribution in [-0.4, -0.2) is 25.0 Å². The fraction of sp³-hybridized carbons (Fsp3) is 0.500. The molecule has 94 valence electrons. The van der Waals surface area contributed by atoms with Gasteiger partial charge < -0.3 is 5.73 Å². The molecule has 2 N–H and O–H groups in total. The van der Waals surface area contributed by atoms with Gasteiger partial charge in [0.15, 0.2) is 0 Å². The Bertz CT molecular complexity index is 425. The number of hydrogen-bond donors (Lipinski definition) is 1. The highest BCUT2D eigenvalue weighted by molar-refractivity contribution is 6.30. The van der Waals surface area contributed by atoms with Gasteiger partial charge in [0.05, 0.1) is 5.02 Å². The first-order chi connectivity index (χ1) is 8.04. The molecule has 2 rings (SSSR count). The lowest BCUT2D eigenvalue weighted by Crippen LogP contribution is -2.21. The van der Waals surface area contributed by atoms with Gasteiger partial charge in [0.25, 0.3) is 0 Å². The van der Waals surface area contributed by atoms with E-state index in [0.29, 0.717) is 13.0 Å². The van der Waals surface area contributed by atoms with Gasteiger partial charge in [-0.15, -0.1) is 0 Å². The lowest BCUT2D eigenvalue weighted by Gasteiger charge is -2.21. The Morgan fingerprint density at radius 1 is 1.47 bits per heavy atom. The summed E-state index contributed by atoms with van der Waals surface area (Å²) in [5.41, 5.74) is 5.67. The van der Waals surface area contributed by atoms with E-state index >= 15 is 0 Å². The summed E-state index contributed by atoms with van der Waals surface area (Å²) in [6, 6.07) is 2.18. The zero-order valence-corrected chi connectivity index (χ0v) is 10.3. The molecular formula is C12H15ClF2N2. The molecule has 2 unspecified atom stereocenters. The van der Waals surface area contributed by atoms with Crippen LogP contribution in [0.15, 0.2) is 12.1 Å². The minimum atomic E-state index is -0.652. The van der Waals surface area contributed by atoms with Crippen LogP contribution >= 0.6 is 11.6 Å². The number of benzene rings is 1. The standard InChI is InChI=1S/C12H15ClF2N2/c1-17-6-7(5-16)4-10(17)11-9(14)3-2-8(13)12(11)15/h2-3,7,10H,4-6,16H2,1H3. The average molecular weight is 261 g/mol. The summed E-state index contributed by atoms with van der Waals surface area (Å²) in [6.45, 7) is 1.29. The Balaban J connectivity index is 2.37. The van der Waals surface area contributed by atoms with E-state index in [1.807, 2.05) is 11.9 Å². The molecule has 0 saturated carbocycles. The summed E-state index contributed by atoms with van der Waals surface area (Å²) >= 11 is 5.70. The van der Waals surface area contributed by atoms with Crippen LogP contribution in [0.2, 0.25) is 5.02 Å². The monoisotopic (exact) mass is 260 g/mol. The molecule has 0 amide bonds. The molecular weight excluding hydrogens is 246 g/mol. The van der Waals surface area contributed by atoms with Crippen molar-refractivity contribution >= 4 is 11.6 Å². The molecule has 1 saturated heterocycles. The Morgan fingerprint density at radius 3 is 2.76 bits per heavy atom. The zero-order chi connectivity index (χ0) is 12.6. The van der Waals surface area contributed by atoms with Crippen LogP contribution < -0.4 is 5.73 Å². The lowest BCUT2D eigenvalue weighted by atomic mass is 9.99. The van der Waals surface area contributed by atoms with Crippen LogP contribution in [0, 0.1) is 17.6 Å². The number of likely N-dealkylation sites (tertiary alicyclic amines) is 1. The predicted octanol–water partition coefficient (Wildman–Crippen LogP) is 2.57.